The van der Waals surface area contributed by atoms with Crippen molar-refractivity contribution in [3.63, 3.8) is 0 Å². The van der Waals surface area contributed by atoms with Crippen LogP contribution in [0.25, 0.3) is 0 Å². The van der Waals surface area contributed by atoms with Crippen LogP contribution in [0, 0.1) is 12.8 Å². The van der Waals surface area contributed by atoms with Crippen molar-refractivity contribution in [2.24, 2.45) is 5.92 Å². The molecule has 4 heteroatoms. The lowest BCUT2D eigenvalue weighted by Gasteiger charge is -2.34. The van der Waals surface area contributed by atoms with Gasteiger partial charge < -0.3 is 0 Å². The number of aryl methyl sites for hydroxylation is 1. The predicted molar refractivity (Wildman–Crippen MR) is 79.9 cm³/mol. The van der Waals surface area contributed by atoms with Crippen LogP contribution in [0.15, 0.2) is 53.0 Å². The summed E-state index contributed by atoms with van der Waals surface area (Å²) in [7, 11) is -3.41. The number of hydrogen-bond acceptors (Lipinski definition) is 2. The van der Waals surface area contributed by atoms with E-state index >= 15 is 0 Å². The van der Waals surface area contributed by atoms with Crippen LogP contribution < -0.4 is 0 Å². The van der Waals surface area contributed by atoms with Crippen molar-refractivity contribution in [3.8, 4) is 0 Å². The SMILES string of the molecule is CC1=C[C@H]2CC=C[C@@H]1CN2S(=O)(=O)c1ccc(C)cc1. The number of sulfonamides is 1. The van der Waals surface area contributed by atoms with Crippen LogP contribution in [0.3, 0.4) is 0 Å². The fourth-order valence-electron chi connectivity index (χ4n) is 2.89. The van der Waals surface area contributed by atoms with E-state index < -0.39 is 10.0 Å². The lowest BCUT2D eigenvalue weighted by Crippen LogP contribution is -2.43. The van der Waals surface area contributed by atoms with Crippen molar-refractivity contribution in [1.82, 2.24) is 4.31 Å². The molecule has 2 heterocycles. The molecule has 0 amide bonds. The smallest absolute Gasteiger partial charge is 0.207 e. The minimum absolute atomic E-state index is 0.0451. The fourth-order valence-corrected chi connectivity index (χ4v) is 4.50. The molecule has 2 bridgehead atoms. The second-order valence-electron chi connectivity index (χ2n) is 5.64. The Bertz CT molecular complexity index is 671. The maximum Gasteiger partial charge on any atom is 0.243 e. The van der Waals surface area contributed by atoms with Gasteiger partial charge in [-0.1, -0.05) is 41.5 Å². The zero-order valence-corrected chi connectivity index (χ0v) is 12.6. The van der Waals surface area contributed by atoms with Crippen molar-refractivity contribution in [2.45, 2.75) is 31.2 Å². The van der Waals surface area contributed by atoms with Gasteiger partial charge >= 0.3 is 0 Å². The van der Waals surface area contributed by atoms with Crippen molar-refractivity contribution in [3.05, 3.63) is 53.6 Å². The number of fused-ring (bicyclic) bond motifs is 2. The number of rotatable bonds is 2. The lowest BCUT2D eigenvalue weighted by molar-refractivity contribution is 0.332. The Kier molecular flexibility index (Phi) is 3.30. The molecule has 0 radical (unpaired) electrons. The quantitative estimate of drug-likeness (QED) is 0.785. The molecule has 0 aromatic heterocycles. The Morgan fingerprint density at radius 2 is 1.85 bits per heavy atom. The lowest BCUT2D eigenvalue weighted by atomic mass is 9.97. The van der Waals surface area contributed by atoms with Crippen molar-refractivity contribution in [1.29, 1.82) is 0 Å². The van der Waals surface area contributed by atoms with Gasteiger partial charge in [-0.2, -0.15) is 4.31 Å². The second-order valence-corrected chi connectivity index (χ2v) is 7.53. The molecular formula is C16H19NO2S. The number of hydrogen-bond donors (Lipinski definition) is 0. The first-order chi connectivity index (χ1) is 9.48. The summed E-state index contributed by atoms with van der Waals surface area (Å²) in [6, 6.07) is 7.06. The van der Waals surface area contributed by atoms with Gasteiger partial charge in [-0.3, -0.25) is 0 Å². The average molecular weight is 289 g/mol. The highest BCUT2D eigenvalue weighted by Crippen LogP contribution is 2.32. The first-order valence-electron chi connectivity index (χ1n) is 6.92. The first kappa shape index (κ1) is 13.6. The second kappa shape index (κ2) is 4.86. The van der Waals surface area contributed by atoms with E-state index in [1.54, 1.807) is 16.4 Å². The molecule has 0 spiro atoms. The van der Waals surface area contributed by atoms with E-state index in [9.17, 15) is 8.42 Å². The molecule has 1 aromatic rings. The third-order valence-corrected chi connectivity index (χ3v) is 6.07. The van der Waals surface area contributed by atoms with Crippen LogP contribution in [-0.2, 0) is 10.0 Å². The molecule has 106 valence electrons. The van der Waals surface area contributed by atoms with Crippen LogP contribution in [0.5, 0.6) is 0 Å². The largest absolute Gasteiger partial charge is 0.243 e. The van der Waals surface area contributed by atoms with Crippen LogP contribution >= 0.6 is 0 Å². The Hall–Kier alpha value is -1.39. The molecule has 3 nitrogen and oxygen atoms in total. The zero-order valence-electron chi connectivity index (χ0n) is 11.8. The maximum absolute atomic E-state index is 12.8. The summed E-state index contributed by atoms with van der Waals surface area (Å²) in [4.78, 5) is 0.390. The summed E-state index contributed by atoms with van der Waals surface area (Å²) < 4.78 is 27.3. The third-order valence-electron chi connectivity index (χ3n) is 4.16. The Morgan fingerprint density at radius 1 is 1.15 bits per heavy atom. The molecule has 3 aliphatic rings. The van der Waals surface area contributed by atoms with Crippen LogP contribution in [0.1, 0.15) is 18.9 Å². The Morgan fingerprint density at radius 3 is 2.55 bits per heavy atom. The van der Waals surface area contributed by atoms with Gasteiger partial charge in [-0.15, -0.1) is 0 Å². The van der Waals surface area contributed by atoms with E-state index in [1.807, 2.05) is 19.1 Å². The van der Waals surface area contributed by atoms with Crippen LogP contribution in [0.2, 0.25) is 0 Å². The summed E-state index contributed by atoms with van der Waals surface area (Å²) in [5.41, 5.74) is 2.35. The van der Waals surface area contributed by atoms with Gasteiger partial charge in [0.1, 0.15) is 0 Å². The van der Waals surface area contributed by atoms with Crippen molar-refractivity contribution < 1.29 is 8.42 Å². The van der Waals surface area contributed by atoms with Gasteiger partial charge in [0.05, 0.1) is 4.90 Å². The maximum atomic E-state index is 12.8. The van der Waals surface area contributed by atoms with E-state index in [-0.39, 0.29) is 12.0 Å². The Labute approximate surface area is 120 Å². The molecule has 2 aliphatic heterocycles. The van der Waals surface area contributed by atoms with Crippen molar-refractivity contribution in [2.75, 3.05) is 6.54 Å². The van der Waals surface area contributed by atoms with Gasteiger partial charge in [0, 0.05) is 18.5 Å². The van der Waals surface area contributed by atoms with Gasteiger partial charge in [0.25, 0.3) is 0 Å². The minimum atomic E-state index is -3.41. The van der Waals surface area contributed by atoms with Gasteiger partial charge in [0.2, 0.25) is 10.0 Å². The molecule has 1 aliphatic carbocycles. The zero-order chi connectivity index (χ0) is 14.3. The van der Waals surface area contributed by atoms with E-state index in [0.717, 1.165) is 12.0 Å². The molecule has 0 N–H and O–H groups in total. The highest BCUT2D eigenvalue weighted by Gasteiger charge is 2.36. The number of nitrogens with zero attached hydrogens (tertiary/aromatic N) is 1. The molecule has 0 unspecified atom stereocenters. The van der Waals surface area contributed by atoms with E-state index in [4.69, 9.17) is 0 Å². The van der Waals surface area contributed by atoms with Gasteiger partial charge in [-0.25, -0.2) is 8.42 Å². The summed E-state index contributed by atoms with van der Waals surface area (Å²) in [5.74, 6) is 0.217. The monoisotopic (exact) mass is 289 g/mol. The molecule has 20 heavy (non-hydrogen) atoms. The van der Waals surface area contributed by atoms with Crippen LogP contribution in [-0.4, -0.2) is 25.3 Å². The summed E-state index contributed by atoms with van der Waals surface area (Å²) in [6.45, 7) is 4.60. The average Bonchev–Trinajstić information content (AvgIpc) is 2.72. The minimum Gasteiger partial charge on any atom is -0.207 e. The van der Waals surface area contributed by atoms with Crippen LogP contribution in [0.4, 0.5) is 0 Å². The summed E-state index contributed by atoms with van der Waals surface area (Å²) in [6.07, 6.45) is 7.10. The molecule has 0 fully saturated rings. The van der Waals surface area contributed by atoms with Crippen molar-refractivity contribution >= 4 is 10.0 Å². The third kappa shape index (κ3) is 2.23. The molecule has 0 saturated carbocycles. The predicted octanol–water partition coefficient (Wildman–Crippen LogP) is 2.89. The highest BCUT2D eigenvalue weighted by molar-refractivity contribution is 7.89. The summed E-state index contributed by atoms with van der Waals surface area (Å²) in [5, 5.41) is 0. The fraction of sp³-hybridized carbons (Fsp3) is 0.375. The molecular weight excluding hydrogens is 270 g/mol. The van der Waals surface area contributed by atoms with Gasteiger partial charge in [0.15, 0.2) is 0 Å². The van der Waals surface area contributed by atoms with E-state index in [1.165, 1.54) is 5.57 Å². The normalized spacial score (nSPS) is 26.4. The highest BCUT2D eigenvalue weighted by atomic mass is 32.2. The molecule has 0 saturated heterocycles. The first-order valence-corrected chi connectivity index (χ1v) is 8.36. The van der Waals surface area contributed by atoms with E-state index in [2.05, 4.69) is 25.2 Å². The topological polar surface area (TPSA) is 37.4 Å². The molecule has 4 rings (SSSR count). The van der Waals surface area contributed by atoms with E-state index in [0.29, 0.717) is 11.4 Å². The number of benzene rings is 1. The van der Waals surface area contributed by atoms with Gasteiger partial charge in [-0.05, 0) is 32.4 Å². The molecule has 2 atom stereocenters. The molecule has 1 aromatic carbocycles. The standard InChI is InChI=1S/C16H19NO2S/c1-12-6-8-16(9-7-12)20(18,19)17-11-14-4-3-5-15(17)10-13(14)2/h3-4,6-10,14-15H,5,11H2,1-2H3/t14-,15-/m1/s1. The summed E-state index contributed by atoms with van der Waals surface area (Å²) >= 11 is 0. The Balaban J connectivity index is 1.99.